The lowest BCUT2D eigenvalue weighted by Crippen LogP contribution is -2.13. The molecule has 0 aromatic heterocycles. The minimum absolute atomic E-state index is 0.823. The Labute approximate surface area is 130 Å². The Morgan fingerprint density at radius 3 is 2.47 bits per heavy atom. The van der Waals surface area contributed by atoms with Crippen molar-refractivity contribution in [2.45, 2.75) is 13.1 Å². The minimum atomic E-state index is 0.823. The number of rotatable bonds is 5. The van der Waals surface area contributed by atoms with E-state index in [4.69, 9.17) is 4.74 Å². The predicted molar refractivity (Wildman–Crippen MR) is 85.4 cm³/mol. The van der Waals surface area contributed by atoms with Crippen molar-refractivity contribution in [2.24, 2.45) is 0 Å². The molecule has 0 heterocycles. The van der Waals surface area contributed by atoms with Gasteiger partial charge in [-0.25, -0.2) is 0 Å². The summed E-state index contributed by atoms with van der Waals surface area (Å²) in [6.07, 6.45) is 0. The van der Waals surface area contributed by atoms with Gasteiger partial charge >= 0.3 is 0 Å². The second-order valence-electron chi connectivity index (χ2n) is 4.16. The molecule has 19 heavy (non-hydrogen) atoms. The molecule has 0 bridgehead atoms. The number of halogens is 2. The molecule has 2 aromatic rings. The van der Waals surface area contributed by atoms with Gasteiger partial charge in [0.05, 0.1) is 11.6 Å². The average molecular weight is 385 g/mol. The first-order valence-electron chi connectivity index (χ1n) is 5.97. The Morgan fingerprint density at radius 2 is 1.79 bits per heavy atom. The fraction of sp³-hybridized carbons (Fsp3) is 0.200. The molecule has 100 valence electrons. The topological polar surface area (TPSA) is 21.3 Å². The van der Waals surface area contributed by atoms with E-state index in [-0.39, 0.29) is 0 Å². The summed E-state index contributed by atoms with van der Waals surface area (Å²) in [5.41, 5.74) is 2.48. The molecule has 0 unspecified atom stereocenters. The Bertz CT molecular complexity index is 558. The highest BCUT2D eigenvalue weighted by atomic mass is 79.9. The maximum absolute atomic E-state index is 5.22. The number of benzene rings is 2. The van der Waals surface area contributed by atoms with Gasteiger partial charge in [0.1, 0.15) is 5.75 Å². The van der Waals surface area contributed by atoms with Gasteiger partial charge in [-0.15, -0.1) is 0 Å². The van der Waals surface area contributed by atoms with Gasteiger partial charge in [-0.05, 0) is 45.3 Å². The van der Waals surface area contributed by atoms with Gasteiger partial charge in [-0.3, -0.25) is 0 Å². The van der Waals surface area contributed by atoms with E-state index in [1.165, 1.54) is 11.1 Å². The Kier molecular flexibility index (Phi) is 5.43. The summed E-state index contributed by atoms with van der Waals surface area (Å²) >= 11 is 7.04. The molecule has 0 saturated carbocycles. The standard InChI is InChI=1S/C15H15Br2NO/c1-19-15-7-6-11(8-14(15)17)9-18-10-12-4-2-3-5-13(12)16/h2-8,18H,9-10H2,1H3. The van der Waals surface area contributed by atoms with Crippen molar-refractivity contribution in [3.8, 4) is 5.75 Å². The highest BCUT2D eigenvalue weighted by Gasteiger charge is 2.02. The zero-order valence-corrected chi connectivity index (χ0v) is 13.8. The van der Waals surface area contributed by atoms with E-state index in [1.54, 1.807) is 7.11 Å². The molecule has 1 N–H and O–H groups in total. The first-order chi connectivity index (χ1) is 9.20. The molecule has 0 fully saturated rings. The third kappa shape index (κ3) is 4.06. The van der Waals surface area contributed by atoms with Gasteiger partial charge in [0.2, 0.25) is 0 Å². The van der Waals surface area contributed by atoms with E-state index in [0.717, 1.165) is 27.8 Å². The van der Waals surface area contributed by atoms with Crippen molar-refractivity contribution in [1.82, 2.24) is 5.32 Å². The van der Waals surface area contributed by atoms with E-state index < -0.39 is 0 Å². The summed E-state index contributed by atoms with van der Waals surface area (Å²) < 4.78 is 7.34. The molecular formula is C15H15Br2NO. The van der Waals surface area contributed by atoms with Crippen molar-refractivity contribution in [1.29, 1.82) is 0 Å². The molecule has 2 aromatic carbocycles. The lowest BCUT2D eigenvalue weighted by Gasteiger charge is -2.09. The molecule has 2 nitrogen and oxygen atoms in total. The van der Waals surface area contributed by atoms with Crippen molar-refractivity contribution in [3.63, 3.8) is 0 Å². The zero-order valence-electron chi connectivity index (χ0n) is 10.6. The highest BCUT2D eigenvalue weighted by Crippen LogP contribution is 2.25. The van der Waals surface area contributed by atoms with Crippen molar-refractivity contribution >= 4 is 31.9 Å². The van der Waals surface area contributed by atoms with Crippen LogP contribution < -0.4 is 10.1 Å². The van der Waals surface area contributed by atoms with E-state index >= 15 is 0 Å². The van der Waals surface area contributed by atoms with Gasteiger partial charge < -0.3 is 10.1 Å². The van der Waals surface area contributed by atoms with Crippen LogP contribution in [0.2, 0.25) is 0 Å². The maximum Gasteiger partial charge on any atom is 0.133 e. The van der Waals surface area contributed by atoms with Crippen LogP contribution in [0.1, 0.15) is 11.1 Å². The Morgan fingerprint density at radius 1 is 1.00 bits per heavy atom. The Balaban J connectivity index is 1.93. The molecule has 4 heteroatoms. The lowest BCUT2D eigenvalue weighted by molar-refractivity contribution is 0.412. The third-order valence-corrected chi connectivity index (χ3v) is 4.21. The van der Waals surface area contributed by atoms with Crippen LogP contribution in [0.15, 0.2) is 51.4 Å². The molecule has 0 aliphatic rings. The lowest BCUT2D eigenvalue weighted by atomic mass is 10.2. The van der Waals surface area contributed by atoms with Crippen LogP contribution in [-0.4, -0.2) is 7.11 Å². The largest absolute Gasteiger partial charge is 0.496 e. The summed E-state index contributed by atoms with van der Waals surface area (Å²) in [5.74, 6) is 0.856. The van der Waals surface area contributed by atoms with Crippen molar-refractivity contribution in [2.75, 3.05) is 7.11 Å². The van der Waals surface area contributed by atoms with Gasteiger partial charge in [0.15, 0.2) is 0 Å². The highest BCUT2D eigenvalue weighted by molar-refractivity contribution is 9.10. The summed E-state index contributed by atoms with van der Waals surface area (Å²) in [6.45, 7) is 1.66. The monoisotopic (exact) mass is 383 g/mol. The van der Waals surface area contributed by atoms with E-state index in [9.17, 15) is 0 Å². The number of nitrogens with one attached hydrogen (secondary N) is 1. The minimum Gasteiger partial charge on any atom is -0.496 e. The average Bonchev–Trinajstić information content (AvgIpc) is 2.41. The normalized spacial score (nSPS) is 10.5. The summed E-state index contributed by atoms with van der Waals surface area (Å²) in [6, 6.07) is 14.4. The second-order valence-corrected chi connectivity index (χ2v) is 5.87. The summed E-state index contributed by atoms with van der Waals surface area (Å²) in [4.78, 5) is 0. The molecule has 0 radical (unpaired) electrons. The van der Waals surface area contributed by atoms with Crippen LogP contribution in [0.3, 0.4) is 0 Å². The fourth-order valence-corrected chi connectivity index (χ4v) is 2.82. The van der Waals surface area contributed by atoms with Crippen LogP contribution in [0.5, 0.6) is 5.75 Å². The van der Waals surface area contributed by atoms with Gasteiger partial charge in [0.25, 0.3) is 0 Å². The predicted octanol–water partition coefficient (Wildman–Crippen LogP) is 4.51. The maximum atomic E-state index is 5.22. The van der Waals surface area contributed by atoms with Crippen molar-refractivity contribution < 1.29 is 4.74 Å². The fourth-order valence-electron chi connectivity index (χ4n) is 1.80. The summed E-state index contributed by atoms with van der Waals surface area (Å²) in [5, 5.41) is 3.43. The molecular weight excluding hydrogens is 370 g/mol. The second kappa shape index (κ2) is 7.08. The van der Waals surface area contributed by atoms with Crippen LogP contribution in [0.25, 0.3) is 0 Å². The van der Waals surface area contributed by atoms with Gasteiger partial charge in [-0.2, -0.15) is 0 Å². The molecule has 0 amide bonds. The molecule has 2 rings (SSSR count). The van der Waals surface area contributed by atoms with Crippen LogP contribution in [-0.2, 0) is 13.1 Å². The number of hydrogen-bond donors (Lipinski definition) is 1. The first kappa shape index (κ1) is 14.6. The quantitative estimate of drug-likeness (QED) is 0.818. The van der Waals surface area contributed by atoms with E-state index in [1.807, 2.05) is 18.2 Å². The SMILES string of the molecule is COc1ccc(CNCc2ccccc2Br)cc1Br. The summed E-state index contributed by atoms with van der Waals surface area (Å²) in [7, 11) is 1.67. The van der Waals surface area contributed by atoms with Gasteiger partial charge in [0, 0.05) is 17.6 Å². The molecule has 0 saturated heterocycles. The van der Waals surface area contributed by atoms with Crippen LogP contribution in [0, 0.1) is 0 Å². The number of ether oxygens (including phenoxy) is 1. The smallest absolute Gasteiger partial charge is 0.133 e. The zero-order chi connectivity index (χ0) is 13.7. The molecule has 0 spiro atoms. The van der Waals surface area contributed by atoms with Gasteiger partial charge in [-0.1, -0.05) is 40.2 Å². The van der Waals surface area contributed by atoms with Crippen LogP contribution in [0.4, 0.5) is 0 Å². The molecule has 0 atom stereocenters. The molecule has 0 aliphatic heterocycles. The Hall–Kier alpha value is -0.840. The van der Waals surface area contributed by atoms with E-state index in [2.05, 4.69) is 61.4 Å². The van der Waals surface area contributed by atoms with Crippen LogP contribution >= 0.6 is 31.9 Å². The first-order valence-corrected chi connectivity index (χ1v) is 7.56. The number of hydrogen-bond acceptors (Lipinski definition) is 2. The third-order valence-electron chi connectivity index (χ3n) is 2.82. The number of methoxy groups -OCH3 is 1. The van der Waals surface area contributed by atoms with Crippen molar-refractivity contribution in [3.05, 3.63) is 62.5 Å². The van der Waals surface area contributed by atoms with E-state index in [0.29, 0.717) is 0 Å². The molecule has 0 aliphatic carbocycles.